The van der Waals surface area contributed by atoms with Crippen molar-refractivity contribution in [3.63, 3.8) is 0 Å². The Morgan fingerprint density at radius 1 is 1.45 bits per heavy atom. The van der Waals surface area contributed by atoms with Crippen molar-refractivity contribution in [3.05, 3.63) is 40.3 Å². The average Bonchev–Trinajstić information content (AvgIpc) is 3.24. The highest BCUT2D eigenvalue weighted by molar-refractivity contribution is 7.99. The molecule has 0 saturated heterocycles. The molecule has 0 aliphatic heterocycles. The van der Waals surface area contributed by atoms with Crippen LogP contribution in [0.25, 0.3) is 0 Å². The number of nitrogens with zero attached hydrogens (tertiary/aromatic N) is 2. The van der Waals surface area contributed by atoms with Crippen LogP contribution in [0.4, 0.5) is 0 Å². The number of H-pyrrole nitrogens is 1. The van der Waals surface area contributed by atoms with E-state index in [4.69, 9.17) is 0 Å². The van der Waals surface area contributed by atoms with Gasteiger partial charge in [-0.05, 0) is 48.7 Å². The molecular formula is C14H17N3O2S. The van der Waals surface area contributed by atoms with Gasteiger partial charge < -0.3 is 5.11 Å². The van der Waals surface area contributed by atoms with Crippen molar-refractivity contribution in [2.24, 2.45) is 0 Å². The van der Waals surface area contributed by atoms with Gasteiger partial charge in [-0.3, -0.25) is 4.57 Å². The highest BCUT2D eigenvalue weighted by Crippen LogP contribution is 2.37. The minimum Gasteiger partial charge on any atom is -0.388 e. The Morgan fingerprint density at radius 2 is 2.15 bits per heavy atom. The number of benzene rings is 1. The second-order valence-electron chi connectivity index (χ2n) is 5.01. The Bertz CT molecular complexity index is 643. The van der Waals surface area contributed by atoms with Crippen LogP contribution >= 0.6 is 11.8 Å². The van der Waals surface area contributed by atoms with Crippen molar-refractivity contribution in [1.29, 1.82) is 0 Å². The van der Waals surface area contributed by atoms with Gasteiger partial charge in [-0.25, -0.2) is 9.89 Å². The molecule has 1 aromatic carbocycles. The molecule has 0 amide bonds. The molecule has 0 unspecified atom stereocenters. The fourth-order valence-corrected chi connectivity index (χ4v) is 3.02. The van der Waals surface area contributed by atoms with Gasteiger partial charge in [-0.2, -0.15) is 0 Å². The molecule has 1 aliphatic rings. The molecule has 2 aromatic rings. The quantitative estimate of drug-likeness (QED) is 0.888. The van der Waals surface area contributed by atoms with Crippen LogP contribution in [0.15, 0.2) is 39.1 Å². The zero-order valence-electron chi connectivity index (χ0n) is 11.2. The summed E-state index contributed by atoms with van der Waals surface area (Å²) in [4.78, 5) is 12.7. The number of hydrogen-bond donors (Lipinski definition) is 2. The van der Waals surface area contributed by atoms with E-state index in [1.165, 1.54) is 11.8 Å². The van der Waals surface area contributed by atoms with E-state index in [-0.39, 0.29) is 5.69 Å². The van der Waals surface area contributed by atoms with Crippen molar-refractivity contribution in [3.8, 4) is 0 Å². The fraction of sp³-hybridized carbons (Fsp3) is 0.429. The van der Waals surface area contributed by atoms with E-state index < -0.39 is 6.10 Å². The molecule has 20 heavy (non-hydrogen) atoms. The maximum atomic E-state index is 11.7. The Balaban J connectivity index is 1.79. The Hall–Kier alpha value is -1.53. The lowest BCUT2D eigenvalue weighted by atomic mass is 10.1. The monoisotopic (exact) mass is 291 g/mol. The van der Waals surface area contributed by atoms with E-state index in [0.29, 0.717) is 17.6 Å². The molecule has 1 aliphatic carbocycles. The third-order valence-corrected chi connectivity index (χ3v) is 4.42. The number of rotatable bonds is 5. The van der Waals surface area contributed by atoms with Crippen molar-refractivity contribution in [2.75, 3.05) is 0 Å². The molecule has 3 rings (SSSR count). The van der Waals surface area contributed by atoms with E-state index in [1.807, 2.05) is 31.2 Å². The van der Waals surface area contributed by atoms with Gasteiger partial charge in [-0.1, -0.05) is 19.1 Å². The zero-order chi connectivity index (χ0) is 14.1. The molecule has 2 N–H and O–H groups in total. The van der Waals surface area contributed by atoms with Crippen LogP contribution in [0.3, 0.4) is 0 Å². The molecule has 0 bridgehead atoms. The normalized spacial score (nSPS) is 16.3. The standard InChI is InChI=1S/C14H17N3O2S/c1-2-12(18)9-3-7-11(8-4-9)20-14-16-15-13(19)17(14)10-5-6-10/h3-4,7-8,10,12,18H,2,5-6H2,1H3,(H,15,19)/t12-/m1/s1. The summed E-state index contributed by atoms with van der Waals surface area (Å²) < 4.78 is 1.74. The minimum absolute atomic E-state index is 0.131. The van der Waals surface area contributed by atoms with Crippen molar-refractivity contribution in [2.45, 2.75) is 48.4 Å². The molecule has 106 valence electrons. The molecule has 0 spiro atoms. The van der Waals surface area contributed by atoms with E-state index in [0.717, 1.165) is 23.3 Å². The number of aliphatic hydroxyl groups is 1. The van der Waals surface area contributed by atoms with Crippen molar-refractivity contribution < 1.29 is 5.11 Å². The maximum Gasteiger partial charge on any atom is 0.344 e. The number of nitrogens with one attached hydrogen (secondary N) is 1. The number of aliphatic hydroxyl groups excluding tert-OH is 1. The zero-order valence-corrected chi connectivity index (χ0v) is 12.1. The molecule has 6 heteroatoms. The largest absolute Gasteiger partial charge is 0.388 e. The van der Waals surface area contributed by atoms with Crippen molar-refractivity contribution in [1.82, 2.24) is 14.8 Å². The van der Waals surface area contributed by atoms with E-state index in [1.54, 1.807) is 4.57 Å². The topological polar surface area (TPSA) is 70.9 Å². The Kier molecular flexibility index (Phi) is 3.67. The van der Waals surface area contributed by atoms with Crippen molar-refractivity contribution >= 4 is 11.8 Å². The summed E-state index contributed by atoms with van der Waals surface area (Å²) in [5.74, 6) is 0. The van der Waals surface area contributed by atoms with Gasteiger partial charge in [-0.15, -0.1) is 5.10 Å². The molecule has 1 atom stereocenters. The molecule has 1 aromatic heterocycles. The van der Waals surface area contributed by atoms with Gasteiger partial charge in [0.2, 0.25) is 0 Å². The first-order chi connectivity index (χ1) is 9.69. The molecule has 1 fully saturated rings. The number of hydrogen-bond acceptors (Lipinski definition) is 4. The lowest BCUT2D eigenvalue weighted by Gasteiger charge is -2.08. The van der Waals surface area contributed by atoms with Crippen LogP contribution < -0.4 is 5.69 Å². The molecule has 1 saturated carbocycles. The van der Waals surface area contributed by atoms with Gasteiger partial charge in [0.15, 0.2) is 5.16 Å². The molecule has 1 heterocycles. The van der Waals surface area contributed by atoms with Crippen LogP contribution in [0, 0.1) is 0 Å². The Labute approximate surface area is 121 Å². The lowest BCUT2D eigenvalue weighted by molar-refractivity contribution is 0.173. The molecule has 5 nitrogen and oxygen atoms in total. The smallest absolute Gasteiger partial charge is 0.344 e. The first kappa shape index (κ1) is 13.5. The van der Waals surface area contributed by atoms with Gasteiger partial charge in [0.1, 0.15) is 0 Å². The Morgan fingerprint density at radius 3 is 2.75 bits per heavy atom. The van der Waals surface area contributed by atoms with Gasteiger partial charge in [0.25, 0.3) is 0 Å². The average molecular weight is 291 g/mol. The summed E-state index contributed by atoms with van der Waals surface area (Å²) in [6.07, 6.45) is 2.39. The summed E-state index contributed by atoms with van der Waals surface area (Å²) in [6.45, 7) is 1.95. The summed E-state index contributed by atoms with van der Waals surface area (Å²) in [7, 11) is 0. The second kappa shape index (κ2) is 5.46. The first-order valence-corrected chi connectivity index (χ1v) is 7.63. The predicted molar refractivity (Wildman–Crippen MR) is 76.9 cm³/mol. The van der Waals surface area contributed by atoms with Crippen LogP contribution in [0.5, 0.6) is 0 Å². The predicted octanol–water partition coefficient (Wildman–Crippen LogP) is 2.50. The van der Waals surface area contributed by atoms with Crippen LogP contribution in [-0.4, -0.2) is 19.9 Å². The maximum absolute atomic E-state index is 11.7. The highest BCUT2D eigenvalue weighted by atomic mass is 32.2. The number of aromatic amines is 1. The summed E-state index contributed by atoms with van der Waals surface area (Å²) >= 11 is 1.47. The lowest BCUT2D eigenvalue weighted by Crippen LogP contribution is -2.15. The van der Waals surface area contributed by atoms with Crippen LogP contribution in [0.1, 0.15) is 43.9 Å². The van der Waals surface area contributed by atoms with E-state index >= 15 is 0 Å². The summed E-state index contributed by atoms with van der Waals surface area (Å²) in [6, 6.07) is 8.06. The SMILES string of the molecule is CC[C@@H](O)c1ccc(Sc2n[nH]c(=O)n2C2CC2)cc1. The van der Waals surface area contributed by atoms with Gasteiger partial charge in [0, 0.05) is 10.9 Å². The third-order valence-electron chi connectivity index (χ3n) is 3.44. The first-order valence-electron chi connectivity index (χ1n) is 6.82. The molecule has 0 radical (unpaired) electrons. The number of aromatic nitrogens is 3. The van der Waals surface area contributed by atoms with Gasteiger partial charge >= 0.3 is 5.69 Å². The van der Waals surface area contributed by atoms with Crippen LogP contribution in [-0.2, 0) is 0 Å². The second-order valence-corrected chi connectivity index (χ2v) is 6.05. The fourth-order valence-electron chi connectivity index (χ4n) is 2.12. The minimum atomic E-state index is -0.413. The van der Waals surface area contributed by atoms with Gasteiger partial charge in [0.05, 0.1) is 6.10 Å². The summed E-state index contributed by atoms with van der Waals surface area (Å²) in [5.41, 5.74) is 0.784. The van der Waals surface area contributed by atoms with E-state index in [2.05, 4.69) is 10.2 Å². The third kappa shape index (κ3) is 2.66. The van der Waals surface area contributed by atoms with Crippen LogP contribution in [0.2, 0.25) is 0 Å². The highest BCUT2D eigenvalue weighted by Gasteiger charge is 2.28. The molecular weight excluding hydrogens is 274 g/mol. The summed E-state index contributed by atoms with van der Waals surface area (Å²) in [5, 5.41) is 17.1. The van der Waals surface area contributed by atoms with E-state index in [9.17, 15) is 9.90 Å².